The van der Waals surface area contributed by atoms with Crippen molar-refractivity contribution in [3.05, 3.63) is 12.3 Å². The summed E-state index contributed by atoms with van der Waals surface area (Å²) >= 11 is 5.51. The minimum absolute atomic E-state index is 0.115. The molecule has 78 valence electrons. The third-order valence-corrected chi connectivity index (χ3v) is 2.00. The molecule has 1 rings (SSSR count). The first-order chi connectivity index (χ1) is 6.65. The Morgan fingerprint density at radius 2 is 2.57 bits per heavy atom. The van der Waals surface area contributed by atoms with Crippen molar-refractivity contribution in [2.75, 3.05) is 0 Å². The van der Waals surface area contributed by atoms with Crippen molar-refractivity contribution < 1.29 is 14.3 Å². The normalized spacial score (nSPS) is 22.1. The molecule has 0 spiro atoms. The van der Waals surface area contributed by atoms with Crippen LogP contribution in [0.3, 0.4) is 0 Å². The molecule has 14 heavy (non-hydrogen) atoms. The molecule has 0 aromatic carbocycles. The zero-order valence-corrected chi connectivity index (χ0v) is 8.61. The number of hydrogen-bond acceptors (Lipinski definition) is 3. The summed E-state index contributed by atoms with van der Waals surface area (Å²) < 4.78 is 4.80. The van der Waals surface area contributed by atoms with Crippen LogP contribution < -0.4 is 0 Å². The Bertz CT molecular complexity index is 252. The number of carbonyl (C=O) groups excluding carboxylic acids is 2. The highest BCUT2D eigenvalue weighted by Gasteiger charge is 2.26. The van der Waals surface area contributed by atoms with Crippen LogP contribution in [0.15, 0.2) is 12.3 Å². The highest BCUT2D eigenvalue weighted by Crippen LogP contribution is 2.18. The highest BCUT2D eigenvalue weighted by atomic mass is 35.5. The maximum absolute atomic E-state index is 11.4. The van der Waals surface area contributed by atoms with E-state index in [4.69, 9.17) is 16.3 Å². The van der Waals surface area contributed by atoms with E-state index >= 15 is 0 Å². The Hall–Kier alpha value is -1.03. The lowest BCUT2D eigenvalue weighted by molar-refractivity contribution is -0.108. The number of ether oxygens (including phenoxy) is 1. The van der Waals surface area contributed by atoms with E-state index in [9.17, 15) is 9.59 Å². The molecule has 0 N–H and O–H groups in total. The average molecular weight is 218 g/mol. The fraction of sp³-hybridized carbons (Fsp3) is 0.556. The molecule has 0 radical (unpaired) electrons. The number of nitrogens with zero attached hydrogens (tertiary/aromatic N) is 1. The van der Waals surface area contributed by atoms with Crippen molar-refractivity contribution in [1.82, 2.24) is 4.90 Å². The number of halogens is 1. The molecular weight excluding hydrogens is 206 g/mol. The number of rotatable bonds is 3. The molecule has 0 aromatic rings. The third-order valence-electron chi connectivity index (χ3n) is 1.91. The second kappa shape index (κ2) is 5.00. The van der Waals surface area contributed by atoms with Gasteiger partial charge in [-0.15, -0.1) is 0 Å². The first kappa shape index (κ1) is 11.0. The van der Waals surface area contributed by atoms with Gasteiger partial charge in [0.05, 0.1) is 0 Å². The van der Waals surface area contributed by atoms with Crippen LogP contribution in [0.5, 0.6) is 0 Å². The molecule has 0 saturated heterocycles. The molecular formula is C9H12ClNO3. The van der Waals surface area contributed by atoms with Gasteiger partial charge in [-0.2, -0.15) is 0 Å². The standard InChI is InChI=1S/C9H12ClNO3/c1-7(10)14-9(13)11-5-2-3-8(11)4-6-12/h2,5-8H,3-4H2,1H3. The van der Waals surface area contributed by atoms with Gasteiger partial charge in [0, 0.05) is 18.7 Å². The molecule has 1 amide bonds. The van der Waals surface area contributed by atoms with Gasteiger partial charge >= 0.3 is 6.09 Å². The largest absolute Gasteiger partial charge is 0.430 e. The molecule has 0 bridgehead atoms. The van der Waals surface area contributed by atoms with Gasteiger partial charge < -0.3 is 9.53 Å². The first-order valence-corrected chi connectivity index (χ1v) is 4.82. The molecule has 4 nitrogen and oxygen atoms in total. The molecule has 0 saturated carbocycles. The van der Waals surface area contributed by atoms with Crippen molar-refractivity contribution in [2.24, 2.45) is 0 Å². The zero-order chi connectivity index (χ0) is 10.6. The second-order valence-corrected chi connectivity index (χ2v) is 3.63. The summed E-state index contributed by atoms with van der Waals surface area (Å²) in [6, 6.07) is -0.115. The van der Waals surface area contributed by atoms with E-state index in [1.807, 2.05) is 6.08 Å². The van der Waals surface area contributed by atoms with E-state index in [1.165, 1.54) is 4.90 Å². The van der Waals surface area contributed by atoms with Gasteiger partial charge in [0.15, 0.2) is 5.56 Å². The Morgan fingerprint density at radius 1 is 1.86 bits per heavy atom. The lowest BCUT2D eigenvalue weighted by atomic mass is 10.2. The van der Waals surface area contributed by atoms with Crippen LogP contribution >= 0.6 is 11.6 Å². The number of hydrogen-bond donors (Lipinski definition) is 0. The lowest BCUT2D eigenvalue weighted by Gasteiger charge is -2.21. The monoisotopic (exact) mass is 217 g/mol. The van der Waals surface area contributed by atoms with Crippen molar-refractivity contribution in [1.29, 1.82) is 0 Å². The van der Waals surface area contributed by atoms with Gasteiger partial charge in [0.25, 0.3) is 0 Å². The number of aldehydes is 1. The molecule has 5 heteroatoms. The molecule has 1 heterocycles. The van der Waals surface area contributed by atoms with Gasteiger partial charge in [-0.25, -0.2) is 4.79 Å². The van der Waals surface area contributed by atoms with E-state index in [1.54, 1.807) is 13.1 Å². The number of amides is 1. The summed E-state index contributed by atoms with van der Waals surface area (Å²) in [5, 5.41) is 0. The molecule has 0 aromatic heterocycles. The van der Waals surface area contributed by atoms with Crippen molar-refractivity contribution in [3.8, 4) is 0 Å². The second-order valence-electron chi connectivity index (χ2n) is 3.01. The van der Waals surface area contributed by atoms with Crippen molar-refractivity contribution >= 4 is 24.0 Å². The molecule has 1 aliphatic rings. The molecule has 2 unspecified atom stereocenters. The summed E-state index contributed by atoms with van der Waals surface area (Å²) in [5.41, 5.74) is -0.659. The van der Waals surface area contributed by atoms with Gasteiger partial charge in [-0.3, -0.25) is 4.90 Å². The van der Waals surface area contributed by atoms with Crippen LogP contribution in [-0.4, -0.2) is 28.9 Å². The minimum atomic E-state index is -0.659. The summed E-state index contributed by atoms with van der Waals surface area (Å²) in [7, 11) is 0. The summed E-state index contributed by atoms with van der Waals surface area (Å²) in [5.74, 6) is 0. The van der Waals surface area contributed by atoms with Crippen molar-refractivity contribution in [2.45, 2.75) is 31.4 Å². The van der Waals surface area contributed by atoms with Crippen LogP contribution in [0, 0.1) is 0 Å². The van der Waals surface area contributed by atoms with E-state index in [2.05, 4.69) is 0 Å². The van der Waals surface area contributed by atoms with Crippen LogP contribution in [-0.2, 0) is 9.53 Å². The maximum Gasteiger partial charge on any atom is 0.415 e. The Balaban J connectivity index is 2.52. The van der Waals surface area contributed by atoms with Crippen molar-refractivity contribution in [3.63, 3.8) is 0 Å². The topological polar surface area (TPSA) is 46.6 Å². The predicted molar refractivity (Wildman–Crippen MR) is 51.9 cm³/mol. The fourth-order valence-corrected chi connectivity index (χ4v) is 1.37. The number of alkyl halides is 1. The molecule has 0 aliphatic carbocycles. The molecule has 1 aliphatic heterocycles. The average Bonchev–Trinajstić information content (AvgIpc) is 2.51. The summed E-state index contributed by atoms with van der Waals surface area (Å²) in [4.78, 5) is 23.1. The van der Waals surface area contributed by atoms with Crippen LogP contribution in [0.25, 0.3) is 0 Å². The van der Waals surface area contributed by atoms with E-state index in [0.29, 0.717) is 12.8 Å². The molecule has 2 atom stereocenters. The van der Waals surface area contributed by atoms with Gasteiger partial charge in [-0.1, -0.05) is 17.7 Å². The van der Waals surface area contributed by atoms with E-state index < -0.39 is 11.7 Å². The van der Waals surface area contributed by atoms with Gasteiger partial charge in [0.2, 0.25) is 0 Å². The smallest absolute Gasteiger partial charge is 0.415 e. The quantitative estimate of drug-likeness (QED) is 0.536. The molecule has 0 fully saturated rings. The number of carbonyl (C=O) groups is 2. The van der Waals surface area contributed by atoms with Crippen LogP contribution in [0.4, 0.5) is 4.79 Å². The summed E-state index contributed by atoms with van der Waals surface area (Å²) in [6.45, 7) is 1.56. The van der Waals surface area contributed by atoms with Gasteiger partial charge in [-0.05, 0) is 13.3 Å². The fourth-order valence-electron chi connectivity index (χ4n) is 1.30. The van der Waals surface area contributed by atoms with Crippen LogP contribution in [0.1, 0.15) is 19.8 Å². The Morgan fingerprint density at radius 3 is 3.14 bits per heavy atom. The third kappa shape index (κ3) is 2.73. The maximum atomic E-state index is 11.4. The van der Waals surface area contributed by atoms with E-state index in [-0.39, 0.29) is 6.04 Å². The lowest BCUT2D eigenvalue weighted by Crippen LogP contribution is -2.34. The minimum Gasteiger partial charge on any atom is -0.430 e. The van der Waals surface area contributed by atoms with Gasteiger partial charge in [0.1, 0.15) is 6.29 Å². The summed E-state index contributed by atoms with van der Waals surface area (Å²) in [6.07, 6.45) is 4.74. The predicted octanol–water partition coefficient (Wildman–Crippen LogP) is 1.88. The Kier molecular flexibility index (Phi) is 3.95. The van der Waals surface area contributed by atoms with Crippen LogP contribution in [0.2, 0.25) is 0 Å². The first-order valence-electron chi connectivity index (χ1n) is 4.38. The zero-order valence-electron chi connectivity index (χ0n) is 7.85. The van der Waals surface area contributed by atoms with E-state index in [0.717, 1.165) is 6.29 Å². The SMILES string of the molecule is CC(Cl)OC(=O)N1C=CCC1CC=O. The Labute approximate surface area is 87.5 Å². The highest BCUT2D eigenvalue weighted by molar-refractivity contribution is 6.19.